The number of aromatic nitrogens is 1. The van der Waals surface area contributed by atoms with Gasteiger partial charge in [-0.25, -0.2) is 0 Å². The Bertz CT molecular complexity index is 617. The lowest BCUT2D eigenvalue weighted by Crippen LogP contribution is -2.29. The fraction of sp³-hybridized carbons (Fsp3) is 0.250. The number of hydrogen-bond donors (Lipinski definition) is 1. The maximum atomic E-state index is 8.97. The summed E-state index contributed by atoms with van der Waals surface area (Å²) in [7, 11) is 0. The Balaban J connectivity index is 2.32. The number of benzene rings is 1. The molecule has 2 aromatic rings. The number of ether oxygens (including phenoxy) is 1. The fourth-order valence-electron chi connectivity index (χ4n) is 1.97. The van der Waals surface area contributed by atoms with E-state index in [9.17, 15) is 0 Å². The molecule has 2 N–H and O–H groups in total. The van der Waals surface area contributed by atoms with Crippen molar-refractivity contribution >= 4 is 0 Å². The number of nitrogens with two attached hydrogens (primary N) is 1. The zero-order valence-electron chi connectivity index (χ0n) is 11.6. The maximum absolute atomic E-state index is 8.97. The molecule has 4 nitrogen and oxygen atoms in total. The molecule has 1 heterocycles. The van der Waals surface area contributed by atoms with Crippen LogP contribution in [0.1, 0.15) is 29.7 Å². The first kappa shape index (κ1) is 14.0. The van der Waals surface area contributed by atoms with Gasteiger partial charge in [0, 0.05) is 18.4 Å². The van der Waals surface area contributed by atoms with Crippen LogP contribution in [0.25, 0.3) is 0 Å². The summed E-state index contributed by atoms with van der Waals surface area (Å²) in [6, 6.07) is 11.1. The Morgan fingerprint density at radius 3 is 2.55 bits per heavy atom. The van der Waals surface area contributed by atoms with Gasteiger partial charge in [-0.15, -0.1) is 0 Å². The second-order valence-electron chi connectivity index (χ2n) is 4.77. The number of pyridine rings is 1. The molecule has 0 spiro atoms. The van der Waals surface area contributed by atoms with E-state index in [4.69, 9.17) is 15.7 Å². The zero-order chi connectivity index (χ0) is 14.5. The van der Waals surface area contributed by atoms with Gasteiger partial charge in [0.1, 0.15) is 11.9 Å². The highest BCUT2D eigenvalue weighted by Gasteiger charge is 2.19. The average Bonchev–Trinajstić information content (AvgIpc) is 2.47. The summed E-state index contributed by atoms with van der Waals surface area (Å²) in [6.07, 6.45) is 3.16. The van der Waals surface area contributed by atoms with Crippen molar-refractivity contribution in [2.24, 2.45) is 5.73 Å². The van der Waals surface area contributed by atoms with Crippen LogP contribution in [0.3, 0.4) is 0 Å². The molecule has 2 unspecified atom stereocenters. The van der Waals surface area contributed by atoms with Gasteiger partial charge in [-0.05, 0) is 49.2 Å². The summed E-state index contributed by atoms with van der Waals surface area (Å²) < 4.78 is 6.03. The van der Waals surface area contributed by atoms with Crippen molar-refractivity contribution in [3.8, 4) is 11.8 Å². The first-order valence-corrected chi connectivity index (χ1v) is 6.44. The van der Waals surface area contributed by atoms with Crippen LogP contribution in [-0.2, 0) is 0 Å². The summed E-state index contributed by atoms with van der Waals surface area (Å²) in [4.78, 5) is 4.00. The van der Waals surface area contributed by atoms with Crippen LogP contribution in [-0.4, -0.2) is 11.0 Å². The van der Waals surface area contributed by atoms with Crippen LogP contribution < -0.4 is 10.5 Å². The number of rotatable bonds is 4. The van der Waals surface area contributed by atoms with E-state index in [1.807, 2.05) is 32.0 Å². The molecule has 0 bridgehead atoms. The molecule has 1 aromatic carbocycles. The molecule has 0 saturated carbocycles. The molecule has 2 rings (SSSR count). The van der Waals surface area contributed by atoms with Crippen LogP contribution in [0, 0.1) is 18.3 Å². The summed E-state index contributed by atoms with van der Waals surface area (Å²) in [5, 5.41) is 8.97. The van der Waals surface area contributed by atoms with Gasteiger partial charge in [-0.3, -0.25) is 4.98 Å². The van der Waals surface area contributed by atoms with Gasteiger partial charge in [0.2, 0.25) is 0 Å². The topological polar surface area (TPSA) is 71.9 Å². The smallest absolute Gasteiger partial charge is 0.139 e. The van der Waals surface area contributed by atoms with Crippen LogP contribution >= 0.6 is 0 Å². The minimum Gasteiger partial charge on any atom is -0.484 e. The van der Waals surface area contributed by atoms with E-state index in [0.29, 0.717) is 11.3 Å². The summed E-state index contributed by atoms with van der Waals surface area (Å²) in [5.74, 6) is 0.683. The monoisotopic (exact) mass is 267 g/mol. The molecule has 2 atom stereocenters. The molecule has 0 aliphatic heterocycles. The van der Waals surface area contributed by atoms with Gasteiger partial charge < -0.3 is 10.5 Å². The van der Waals surface area contributed by atoms with E-state index < -0.39 is 0 Å². The SMILES string of the molecule is Cc1ccc(C#N)cc1OC(c1ccncc1)C(C)N. The predicted molar refractivity (Wildman–Crippen MR) is 77.1 cm³/mol. The van der Waals surface area contributed by atoms with E-state index in [1.165, 1.54) is 0 Å². The van der Waals surface area contributed by atoms with Crippen molar-refractivity contribution in [1.29, 1.82) is 5.26 Å². The molecule has 0 fully saturated rings. The largest absolute Gasteiger partial charge is 0.484 e. The van der Waals surface area contributed by atoms with E-state index in [1.54, 1.807) is 24.5 Å². The van der Waals surface area contributed by atoms with Crippen LogP contribution in [0.15, 0.2) is 42.7 Å². The van der Waals surface area contributed by atoms with Crippen molar-refractivity contribution in [2.45, 2.75) is 26.0 Å². The number of hydrogen-bond acceptors (Lipinski definition) is 4. The molecule has 0 aliphatic carbocycles. The normalized spacial score (nSPS) is 13.3. The average molecular weight is 267 g/mol. The third-order valence-electron chi connectivity index (χ3n) is 3.08. The maximum Gasteiger partial charge on any atom is 0.139 e. The molecule has 20 heavy (non-hydrogen) atoms. The van der Waals surface area contributed by atoms with Crippen molar-refractivity contribution in [1.82, 2.24) is 4.98 Å². The van der Waals surface area contributed by atoms with Gasteiger partial charge in [0.05, 0.1) is 11.6 Å². The third kappa shape index (κ3) is 3.14. The lowest BCUT2D eigenvalue weighted by atomic mass is 10.0. The number of nitrogens with zero attached hydrogens (tertiary/aromatic N) is 2. The molecule has 0 saturated heterocycles. The third-order valence-corrected chi connectivity index (χ3v) is 3.08. The Kier molecular flexibility index (Phi) is 4.34. The Hall–Kier alpha value is -2.38. The summed E-state index contributed by atoms with van der Waals surface area (Å²) in [5.41, 5.74) is 8.54. The van der Waals surface area contributed by atoms with Gasteiger partial charge in [0.25, 0.3) is 0 Å². The predicted octanol–water partition coefficient (Wildman–Crippen LogP) is 2.73. The van der Waals surface area contributed by atoms with Gasteiger partial charge in [0.15, 0.2) is 0 Å². The number of aryl methyl sites for hydroxylation is 1. The van der Waals surface area contributed by atoms with E-state index in [2.05, 4.69) is 11.1 Å². The first-order chi connectivity index (χ1) is 9.61. The first-order valence-electron chi connectivity index (χ1n) is 6.44. The lowest BCUT2D eigenvalue weighted by molar-refractivity contribution is 0.179. The zero-order valence-corrected chi connectivity index (χ0v) is 11.6. The quantitative estimate of drug-likeness (QED) is 0.924. The second kappa shape index (κ2) is 6.18. The summed E-state index contributed by atoms with van der Waals surface area (Å²) >= 11 is 0. The van der Waals surface area contributed by atoms with Crippen molar-refractivity contribution in [2.75, 3.05) is 0 Å². The Morgan fingerprint density at radius 1 is 1.25 bits per heavy atom. The molecule has 1 aromatic heterocycles. The van der Waals surface area contributed by atoms with Crippen molar-refractivity contribution < 1.29 is 4.74 Å². The Labute approximate surface area is 118 Å². The standard InChI is InChI=1S/C16H17N3O/c1-11-3-4-13(10-17)9-15(11)20-16(12(2)18)14-5-7-19-8-6-14/h3-9,12,16H,18H2,1-2H3. The summed E-state index contributed by atoms with van der Waals surface area (Å²) in [6.45, 7) is 3.84. The lowest BCUT2D eigenvalue weighted by Gasteiger charge is -2.24. The van der Waals surface area contributed by atoms with E-state index in [0.717, 1.165) is 11.1 Å². The van der Waals surface area contributed by atoms with Gasteiger partial charge in [-0.2, -0.15) is 5.26 Å². The van der Waals surface area contributed by atoms with Gasteiger partial charge >= 0.3 is 0 Å². The molecule has 0 amide bonds. The van der Waals surface area contributed by atoms with Crippen molar-refractivity contribution in [3.63, 3.8) is 0 Å². The highest BCUT2D eigenvalue weighted by Crippen LogP contribution is 2.27. The fourth-order valence-corrected chi connectivity index (χ4v) is 1.97. The molecular weight excluding hydrogens is 250 g/mol. The molecule has 102 valence electrons. The minimum atomic E-state index is -0.273. The van der Waals surface area contributed by atoms with Crippen molar-refractivity contribution in [3.05, 3.63) is 59.4 Å². The number of nitriles is 1. The van der Waals surface area contributed by atoms with E-state index in [-0.39, 0.29) is 12.1 Å². The second-order valence-corrected chi connectivity index (χ2v) is 4.77. The molecule has 0 radical (unpaired) electrons. The molecule has 4 heteroatoms. The highest BCUT2D eigenvalue weighted by molar-refractivity contribution is 5.42. The Morgan fingerprint density at radius 2 is 1.95 bits per heavy atom. The molecule has 0 aliphatic rings. The minimum absolute atomic E-state index is 0.178. The van der Waals surface area contributed by atoms with Crippen LogP contribution in [0.2, 0.25) is 0 Å². The highest BCUT2D eigenvalue weighted by atomic mass is 16.5. The van der Waals surface area contributed by atoms with Crippen LogP contribution in [0.5, 0.6) is 5.75 Å². The van der Waals surface area contributed by atoms with Crippen LogP contribution in [0.4, 0.5) is 0 Å². The molecular formula is C16H17N3O. The van der Waals surface area contributed by atoms with E-state index >= 15 is 0 Å². The van der Waals surface area contributed by atoms with Gasteiger partial charge in [-0.1, -0.05) is 6.07 Å².